The van der Waals surface area contributed by atoms with E-state index in [1.54, 1.807) is 0 Å². The fraction of sp³-hybridized carbons (Fsp3) is 0.467. The van der Waals surface area contributed by atoms with Crippen LogP contribution < -0.4 is 0 Å². The van der Waals surface area contributed by atoms with Gasteiger partial charge in [-0.2, -0.15) is 0 Å². The lowest BCUT2D eigenvalue weighted by atomic mass is 10.0. The van der Waals surface area contributed by atoms with Gasteiger partial charge in [0.25, 0.3) is 0 Å². The molecule has 1 amide bonds. The van der Waals surface area contributed by atoms with E-state index in [2.05, 4.69) is 15.9 Å². The van der Waals surface area contributed by atoms with Crippen molar-refractivity contribution in [2.24, 2.45) is 0 Å². The molecule has 1 aromatic rings. The van der Waals surface area contributed by atoms with Crippen LogP contribution in [0.5, 0.6) is 0 Å². The topological polar surface area (TPSA) is 57.6 Å². The van der Waals surface area contributed by atoms with Gasteiger partial charge in [-0.1, -0.05) is 28.1 Å². The lowest BCUT2D eigenvalue weighted by Crippen LogP contribution is -2.30. The first-order chi connectivity index (χ1) is 9.58. The molecule has 1 aliphatic heterocycles. The summed E-state index contributed by atoms with van der Waals surface area (Å²) >= 11 is 3.46. The smallest absolute Gasteiger partial charge is 0.303 e. The lowest BCUT2D eigenvalue weighted by Gasteiger charge is -2.25. The highest BCUT2D eigenvalue weighted by atomic mass is 79.9. The van der Waals surface area contributed by atoms with Crippen LogP contribution in [0.3, 0.4) is 0 Å². The number of carbonyl (C=O) groups is 2. The van der Waals surface area contributed by atoms with E-state index in [-0.39, 0.29) is 18.4 Å². The fourth-order valence-corrected chi connectivity index (χ4v) is 3.08. The van der Waals surface area contributed by atoms with Gasteiger partial charge in [-0.3, -0.25) is 9.59 Å². The molecule has 0 aliphatic carbocycles. The number of benzene rings is 1. The Morgan fingerprint density at radius 3 is 2.85 bits per heavy atom. The van der Waals surface area contributed by atoms with E-state index in [1.807, 2.05) is 29.2 Å². The average Bonchev–Trinajstić information content (AvgIpc) is 2.87. The third-order valence-corrected chi connectivity index (χ3v) is 4.08. The van der Waals surface area contributed by atoms with E-state index in [1.165, 1.54) is 0 Å². The Hall–Kier alpha value is -1.36. The molecule has 1 heterocycles. The van der Waals surface area contributed by atoms with E-state index < -0.39 is 5.97 Å². The molecule has 2 rings (SSSR count). The third kappa shape index (κ3) is 3.82. The molecule has 1 saturated heterocycles. The molecule has 0 aromatic heterocycles. The number of rotatable bonds is 5. The predicted molar refractivity (Wildman–Crippen MR) is 79.3 cm³/mol. The molecule has 5 heteroatoms. The molecule has 1 atom stereocenters. The zero-order valence-electron chi connectivity index (χ0n) is 11.2. The van der Waals surface area contributed by atoms with Crippen molar-refractivity contribution in [2.45, 2.75) is 38.1 Å². The molecule has 1 unspecified atom stereocenters. The highest BCUT2D eigenvalue weighted by molar-refractivity contribution is 9.10. The van der Waals surface area contributed by atoms with Gasteiger partial charge in [0, 0.05) is 23.9 Å². The Balaban J connectivity index is 2.00. The van der Waals surface area contributed by atoms with E-state index in [0.717, 1.165) is 29.4 Å². The van der Waals surface area contributed by atoms with Crippen LogP contribution in [0.2, 0.25) is 0 Å². The number of halogens is 1. The predicted octanol–water partition coefficient (Wildman–Crippen LogP) is 3.37. The minimum atomic E-state index is -0.845. The second kappa shape index (κ2) is 6.88. The van der Waals surface area contributed by atoms with Crippen molar-refractivity contribution in [2.75, 3.05) is 6.54 Å². The molecule has 20 heavy (non-hydrogen) atoms. The summed E-state index contributed by atoms with van der Waals surface area (Å²) < 4.78 is 1.01. The molecule has 0 bridgehead atoms. The minimum absolute atomic E-state index is 0.0567. The normalized spacial score (nSPS) is 18.2. The molecule has 108 valence electrons. The Kier molecular flexibility index (Phi) is 5.17. The maximum Gasteiger partial charge on any atom is 0.303 e. The number of carboxylic acids is 1. The maximum absolute atomic E-state index is 12.2. The van der Waals surface area contributed by atoms with E-state index in [0.29, 0.717) is 12.8 Å². The van der Waals surface area contributed by atoms with Crippen molar-refractivity contribution in [1.29, 1.82) is 0 Å². The molecule has 0 spiro atoms. The van der Waals surface area contributed by atoms with E-state index in [9.17, 15) is 9.59 Å². The quantitative estimate of drug-likeness (QED) is 0.894. The Morgan fingerprint density at radius 2 is 2.15 bits per heavy atom. The standard InChI is InChI=1S/C15H18BrNO3/c16-12-5-1-4-11(10-12)13-6-3-9-17(13)14(18)7-2-8-15(19)20/h1,4-5,10,13H,2-3,6-9H2,(H,19,20). The first-order valence-electron chi connectivity index (χ1n) is 6.84. The number of hydrogen-bond donors (Lipinski definition) is 1. The van der Waals surface area contributed by atoms with Gasteiger partial charge >= 0.3 is 5.97 Å². The molecule has 1 aromatic carbocycles. The fourth-order valence-electron chi connectivity index (χ4n) is 2.66. The SMILES string of the molecule is O=C(O)CCCC(=O)N1CCCC1c1cccc(Br)c1. The molecule has 1 N–H and O–H groups in total. The lowest BCUT2D eigenvalue weighted by molar-refractivity contribution is -0.137. The number of likely N-dealkylation sites (tertiary alicyclic amines) is 1. The molecule has 4 nitrogen and oxygen atoms in total. The summed E-state index contributed by atoms with van der Waals surface area (Å²) in [6.45, 7) is 0.767. The number of amides is 1. The summed E-state index contributed by atoms with van der Waals surface area (Å²) in [5.74, 6) is -0.781. The zero-order valence-corrected chi connectivity index (χ0v) is 12.8. The van der Waals surface area contributed by atoms with Gasteiger partial charge in [-0.25, -0.2) is 0 Å². The van der Waals surface area contributed by atoms with Crippen molar-refractivity contribution < 1.29 is 14.7 Å². The Bertz CT molecular complexity index is 504. The molecule has 1 fully saturated rings. The maximum atomic E-state index is 12.2. The average molecular weight is 340 g/mol. The molecular formula is C15H18BrNO3. The summed E-state index contributed by atoms with van der Waals surface area (Å²) in [6.07, 6.45) is 2.76. The largest absolute Gasteiger partial charge is 0.481 e. The molecular weight excluding hydrogens is 322 g/mol. The van der Waals surface area contributed by atoms with Crippen LogP contribution >= 0.6 is 15.9 Å². The number of carboxylic acid groups (broad SMARTS) is 1. The monoisotopic (exact) mass is 339 g/mol. The number of aliphatic carboxylic acids is 1. The van der Waals surface area contributed by atoms with Crippen LogP contribution in [-0.4, -0.2) is 28.4 Å². The Labute approximate surface area is 126 Å². The van der Waals surface area contributed by atoms with Gasteiger partial charge in [-0.15, -0.1) is 0 Å². The number of hydrogen-bond acceptors (Lipinski definition) is 2. The summed E-state index contributed by atoms with van der Waals surface area (Å²) in [5, 5.41) is 8.62. The van der Waals surface area contributed by atoms with Crippen LogP contribution in [0.15, 0.2) is 28.7 Å². The summed E-state index contributed by atoms with van der Waals surface area (Å²) in [4.78, 5) is 24.6. The van der Waals surface area contributed by atoms with Crippen LogP contribution in [0.25, 0.3) is 0 Å². The second-order valence-electron chi connectivity index (χ2n) is 5.05. The van der Waals surface area contributed by atoms with Crippen LogP contribution in [0.1, 0.15) is 43.7 Å². The molecule has 0 radical (unpaired) electrons. The van der Waals surface area contributed by atoms with Crippen LogP contribution in [0, 0.1) is 0 Å². The third-order valence-electron chi connectivity index (χ3n) is 3.59. The van der Waals surface area contributed by atoms with Crippen molar-refractivity contribution in [3.8, 4) is 0 Å². The summed E-state index contributed by atoms with van der Waals surface area (Å²) in [5.41, 5.74) is 1.14. The first kappa shape index (κ1) is 15.0. The van der Waals surface area contributed by atoms with Gasteiger partial charge < -0.3 is 10.0 Å². The first-order valence-corrected chi connectivity index (χ1v) is 7.64. The summed E-state index contributed by atoms with van der Waals surface area (Å²) in [6, 6.07) is 8.17. The van der Waals surface area contributed by atoms with Gasteiger partial charge in [0.1, 0.15) is 0 Å². The van der Waals surface area contributed by atoms with Crippen LogP contribution in [0.4, 0.5) is 0 Å². The van der Waals surface area contributed by atoms with Crippen molar-refractivity contribution in [3.05, 3.63) is 34.3 Å². The number of nitrogens with zero attached hydrogens (tertiary/aromatic N) is 1. The van der Waals surface area contributed by atoms with Gasteiger partial charge in [0.05, 0.1) is 6.04 Å². The summed E-state index contributed by atoms with van der Waals surface area (Å²) in [7, 11) is 0. The van der Waals surface area contributed by atoms with E-state index in [4.69, 9.17) is 5.11 Å². The van der Waals surface area contributed by atoms with Gasteiger partial charge in [0.2, 0.25) is 5.91 Å². The minimum Gasteiger partial charge on any atom is -0.481 e. The van der Waals surface area contributed by atoms with E-state index >= 15 is 0 Å². The Morgan fingerprint density at radius 1 is 1.35 bits per heavy atom. The van der Waals surface area contributed by atoms with Crippen molar-refractivity contribution in [1.82, 2.24) is 4.90 Å². The number of carbonyl (C=O) groups excluding carboxylic acids is 1. The van der Waals surface area contributed by atoms with Gasteiger partial charge in [-0.05, 0) is 37.0 Å². The molecule has 0 saturated carbocycles. The van der Waals surface area contributed by atoms with Crippen molar-refractivity contribution >= 4 is 27.8 Å². The molecule has 1 aliphatic rings. The van der Waals surface area contributed by atoms with Crippen LogP contribution in [-0.2, 0) is 9.59 Å². The zero-order chi connectivity index (χ0) is 14.5. The van der Waals surface area contributed by atoms with Crippen molar-refractivity contribution in [3.63, 3.8) is 0 Å². The highest BCUT2D eigenvalue weighted by Crippen LogP contribution is 2.33. The highest BCUT2D eigenvalue weighted by Gasteiger charge is 2.29. The second-order valence-corrected chi connectivity index (χ2v) is 5.96. The van der Waals surface area contributed by atoms with Gasteiger partial charge in [0.15, 0.2) is 0 Å².